The van der Waals surface area contributed by atoms with E-state index in [0.717, 1.165) is 15.6 Å². The van der Waals surface area contributed by atoms with E-state index in [-0.39, 0.29) is 5.91 Å². The topological polar surface area (TPSA) is 29.1 Å². The maximum atomic E-state index is 12.0. The van der Waals surface area contributed by atoms with Crippen LogP contribution in [0.4, 0.5) is 0 Å². The largest absolute Gasteiger partial charge is 0.348 e. The standard InChI is InChI=1S/C13H12BrNOS/c1-9-2-3-12(14)11(6-9)13(16)15-7-10-4-5-17-8-10/h2-6,8H,7H2,1H3,(H,15,16). The number of benzene rings is 1. The van der Waals surface area contributed by atoms with Crippen LogP contribution in [0, 0.1) is 6.92 Å². The van der Waals surface area contributed by atoms with E-state index in [2.05, 4.69) is 21.2 Å². The van der Waals surface area contributed by atoms with Crippen molar-refractivity contribution < 1.29 is 4.79 Å². The van der Waals surface area contributed by atoms with Crippen molar-refractivity contribution in [3.8, 4) is 0 Å². The van der Waals surface area contributed by atoms with Gasteiger partial charge in [-0.05, 0) is 57.4 Å². The minimum Gasteiger partial charge on any atom is -0.348 e. The molecular weight excluding hydrogens is 298 g/mol. The molecular formula is C13H12BrNOS. The van der Waals surface area contributed by atoms with Crippen LogP contribution in [-0.2, 0) is 6.54 Å². The van der Waals surface area contributed by atoms with E-state index in [1.54, 1.807) is 11.3 Å². The first kappa shape index (κ1) is 12.3. The second-order valence-corrected chi connectivity index (χ2v) is 5.43. The molecule has 1 aromatic carbocycles. The Labute approximate surface area is 113 Å². The summed E-state index contributed by atoms with van der Waals surface area (Å²) in [6.45, 7) is 2.55. The molecule has 88 valence electrons. The summed E-state index contributed by atoms with van der Waals surface area (Å²) < 4.78 is 0.825. The normalized spacial score (nSPS) is 10.2. The zero-order valence-corrected chi connectivity index (χ0v) is 11.8. The van der Waals surface area contributed by atoms with Gasteiger partial charge in [-0.25, -0.2) is 0 Å². The van der Waals surface area contributed by atoms with E-state index >= 15 is 0 Å². The number of rotatable bonds is 3. The SMILES string of the molecule is Cc1ccc(Br)c(C(=O)NCc2ccsc2)c1. The molecule has 0 spiro atoms. The maximum absolute atomic E-state index is 12.0. The van der Waals surface area contributed by atoms with Gasteiger partial charge in [-0.3, -0.25) is 4.79 Å². The third-order valence-electron chi connectivity index (χ3n) is 2.40. The highest BCUT2D eigenvalue weighted by Crippen LogP contribution is 2.18. The highest BCUT2D eigenvalue weighted by molar-refractivity contribution is 9.10. The Hall–Kier alpha value is -1.13. The van der Waals surface area contributed by atoms with Gasteiger partial charge in [0.25, 0.3) is 5.91 Å². The minimum atomic E-state index is -0.0493. The van der Waals surface area contributed by atoms with E-state index in [0.29, 0.717) is 12.1 Å². The second-order valence-electron chi connectivity index (χ2n) is 3.80. The van der Waals surface area contributed by atoms with Crippen molar-refractivity contribution in [1.82, 2.24) is 5.32 Å². The molecule has 0 fully saturated rings. The smallest absolute Gasteiger partial charge is 0.252 e. The molecule has 0 saturated heterocycles. The number of nitrogens with one attached hydrogen (secondary N) is 1. The molecule has 2 rings (SSSR count). The van der Waals surface area contributed by atoms with Crippen LogP contribution in [0.5, 0.6) is 0 Å². The molecule has 4 heteroatoms. The van der Waals surface area contributed by atoms with E-state index in [1.165, 1.54) is 0 Å². The molecule has 0 aliphatic rings. The Morgan fingerprint density at radius 2 is 2.24 bits per heavy atom. The first-order valence-corrected chi connectivity index (χ1v) is 6.96. The monoisotopic (exact) mass is 309 g/mol. The van der Waals surface area contributed by atoms with Gasteiger partial charge in [0.15, 0.2) is 0 Å². The zero-order chi connectivity index (χ0) is 12.3. The third kappa shape index (κ3) is 3.17. The fourth-order valence-electron chi connectivity index (χ4n) is 1.48. The van der Waals surface area contributed by atoms with Crippen molar-refractivity contribution >= 4 is 33.2 Å². The first-order valence-electron chi connectivity index (χ1n) is 5.22. The van der Waals surface area contributed by atoms with E-state index < -0.39 is 0 Å². The summed E-state index contributed by atoms with van der Waals surface area (Å²) in [7, 11) is 0. The molecule has 0 bridgehead atoms. The van der Waals surface area contributed by atoms with Crippen LogP contribution < -0.4 is 5.32 Å². The molecule has 2 aromatic rings. The van der Waals surface area contributed by atoms with Gasteiger partial charge < -0.3 is 5.32 Å². The zero-order valence-electron chi connectivity index (χ0n) is 9.37. The number of halogens is 1. The highest BCUT2D eigenvalue weighted by Gasteiger charge is 2.09. The summed E-state index contributed by atoms with van der Waals surface area (Å²) >= 11 is 5.02. The molecule has 0 radical (unpaired) electrons. The van der Waals surface area contributed by atoms with E-state index in [1.807, 2.05) is 41.9 Å². The average Bonchev–Trinajstić information content (AvgIpc) is 2.82. The van der Waals surface area contributed by atoms with Gasteiger partial charge in [-0.15, -0.1) is 0 Å². The molecule has 0 aliphatic carbocycles. The Kier molecular flexibility index (Phi) is 3.97. The molecule has 1 amide bonds. The van der Waals surface area contributed by atoms with E-state index in [9.17, 15) is 4.79 Å². The van der Waals surface area contributed by atoms with Crippen LogP contribution >= 0.6 is 27.3 Å². The molecule has 0 atom stereocenters. The fraction of sp³-hybridized carbons (Fsp3) is 0.154. The van der Waals surface area contributed by atoms with Crippen molar-refractivity contribution in [3.05, 3.63) is 56.2 Å². The molecule has 0 unspecified atom stereocenters. The molecule has 1 N–H and O–H groups in total. The quantitative estimate of drug-likeness (QED) is 0.919. The lowest BCUT2D eigenvalue weighted by molar-refractivity contribution is 0.0950. The fourth-order valence-corrected chi connectivity index (χ4v) is 2.58. The van der Waals surface area contributed by atoms with Crippen LogP contribution in [0.1, 0.15) is 21.5 Å². The summed E-state index contributed by atoms with van der Waals surface area (Å²) in [5.74, 6) is -0.0493. The Bertz CT molecular complexity index is 522. The molecule has 0 saturated carbocycles. The first-order chi connectivity index (χ1) is 8.16. The van der Waals surface area contributed by atoms with Crippen molar-refractivity contribution in [2.45, 2.75) is 13.5 Å². The van der Waals surface area contributed by atoms with Gasteiger partial charge in [0.1, 0.15) is 0 Å². The summed E-state index contributed by atoms with van der Waals surface area (Å²) in [5, 5.41) is 6.94. The van der Waals surface area contributed by atoms with Crippen LogP contribution in [-0.4, -0.2) is 5.91 Å². The third-order valence-corrected chi connectivity index (χ3v) is 3.82. The van der Waals surface area contributed by atoms with Gasteiger partial charge in [0.05, 0.1) is 5.56 Å². The lowest BCUT2D eigenvalue weighted by Gasteiger charge is -2.06. The summed E-state index contributed by atoms with van der Waals surface area (Å²) in [5.41, 5.74) is 2.89. The van der Waals surface area contributed by atoms with Crippen molar-refractivity contribution in [3.63, 3.8) is 0 Å². The lowest BCUT2D eigenvalue weighted by Crippen LogP contribution is -2.23. The van der Waals surface area contributed by atoms with Gasteiger partial charge in [0.2, 0.25) is 0 Å². The summed E-state index contributed by atoms with van der Waals surface area (Å²) in [6.07, 6.45) is 0. The predicted octanol–water partition coefficient (Wildman–Crippen LogP) is 3.75. The van der Waals surface area contributed by atoms with Crippen molar-refractivity contribution in [1.29, 1.82) is 0 Å². The van der Waals surface area contributed by atoms with E-state index in [4.69, 9.17) is 0 Å². The van der Waals surface area contributed by atoms with Crippen molar-refractivity contribution in [2.24, 2.45) is 0 Å². The van der Waals surface area contributed by atoms with Crippen LogP contribution in [0.25, 0.3) is 0 Å². The summed E-state index contributed by atoms with van der Waals surface area (Å²) in [4.78, 5) is 12.0. The highest BCUT2D eigenvalue weighted by atomic mass is 79.9. The second kappa shape index (κ2) is 5.47. The lowest BCUT2D eigenvalue weighted by atomic mass is 10.1. The van der Waals surface area contributed by atoms with Gasteiger partial charge in [-0.2, -0.15) is 11.3 Å². The Balaban J connectivity index is 2.07. The number of thiophene rings is 1. The van der Waals surface area contributed by atoms with Gasteiger partial charge in [-0.1, -0.05) is 11.6 Å². The number of carbonyl (C=O) groups is 1. The molecule has 17 heavy (non-hydrogen) atoms. The minimum absolute atomic E-state index is 0.0493. The molecule has 0 aliphatic heterocycles. The number of amides is 1. The maximum Gasteiger partial charge on any atom is 0.252 e. The van der Waals surface area contributed by atoms with Crippen LogP contribution in [0.3, 0.4) is 0 Å². The number of aryl methyl sites for hydroxylation is 1. The Morgan fingerprint density at radius 1 is 1.41 bits per heavy atom. The Morgan fingerprint density at radius 3 is 2.94 bits per heavy atom. The number of hydrogen-bond acceptors (Lipinski definition) is 2. The van der Waals surface area contributed by atoms with Gasteiger partial charge in [0, 0.05) is 11.0 Å². The van der Waals surface area contributed by atoms with Gasteiger partial charge >= 0.3 is 0 Å². The predicted molar refractivity (Wildman–Crippen MR) is 74.4 cm³/mol. The van der Waals surface area contributed by atoms with Crippen molar-refractivity contribution in [2.75, 3.05) is 0 Å². The molecule has 2 nitrogen and oxygen atoms in total. The van der Waals surface area contributed by atoms with Crippen LogP contribution in [0.2, 0.25) is 0 Å². The number of hydrogen-bond donors (Lipinski definition) is 1. The summed E-state index contributed by atoms with van der Waals surface area (Å²) in [6, 6.07) is 7.76. The average molecular weight is 310 g/mol. The molecule has 1 heterocycles. The number of carbonyl (C=O) groups excluding carboxylic acids is 1. The molecule has 1 aromatic heterocycles. The van der Waals surface area contributed by atoms with Crippen LogP contribution in [0.15, 0.2) is 39.5 Å².